The third kappa shape index (κ3) is 10.2. The van der Waals surface area contributed by atoms with Gasteiger partial charge in [0.25, 0.3) is 0 Å². The number of benzene rings is 7. The number of rotatable bonds is 10. The van der Waals surface area contributed by atoms with Crippen LogP contribution in [0.2, 0.25) is 0 Å². The summed E-state index contributed by atoms with van der Waals surface area (Å²) in [6.07, 6.45) is 1.95. The Bertz CT molecular complexity index is 3660. The van der Waals surface area contributed by atoms with Crippen LogP contribution >= 0.6 is 0 Å². The molecule has 0 spiro atoms. The normalized spacial score (nSPS) is 14.1. The van der Waals surface area contributed by atoms with Crippen molar-refractivity contribution in [1.29, 1.82) is 0 Å². The molecule has 5 heteroatoms. The molecule has 0 unspecified atom stereocenters. The fourth-order valence-electron chi connectivity index (χ4n) is 11.5. The van der Waals surface area contributed by atoms with Gasteiger partial charge in [0.2, 0.25) is 0 Å². The van der Waals surface area contributed by atoms with Crippen molar-refractivity contribution in [2.45, 2.75) is 132 Å². The molecular weight excluding hydrogens is 937 g/mol. The van der Waals surface area contributed by atoms with E-state index in [1.807, 2.05) is 6.20 Å². The van der Waals surface area contributed by atoms with Crippen LogP contribution in [-0.4, -0.2) is 16.2 Å². The third-order valence-corrected chi connectivity index (χ3v) is 16.1. The SMILES string of the molecule is CC(C)(C)C1=C(C(C)(C)C)N(c2cc(-c3ccccc3)cc(C(C)(C)c3ccccc3)c2)CN1c1cc(Oc2ccc3c4cc(C(C)(C)c5ccccc5)ccc4n(-c4cc(C(C)(C)C)ccn4)c3c2)cc(C(C)(C)C)c1. The van der Waals surface area contributed by atoms with Gasteiger partial charge in [-0.25, -0.2) is 4.98 Å². The minimum atomic E-state index is -0.251. The number of hydrogen-bond acceptors (Lipinski definition) is 4. The first-order chi connectivity index (χ1) is 36.2. The Morgan fingerprint density at radius 1 is 0.364 bits per heavy atom. The number of aromatic nitrogens is 2. The van der Waals surface area contributed by atoms with Crippen molar-refractivity contribution in [2.24, 2.45) is 10.8 Å². The summed E-state index contributed by atoms with van der Waals surface area (Å²) in [6, 6.07) is 64.8. The van der Waals surface area contributed by atoms with Gasteiger partial charge in [-0.05, 0) is 116 Å². The second kappa shape index (κ2) is 19.3. The van der Waals surface area contributed by atoms with Crippen molar-refractivity contribution in [3.63, 3.8) is 0 Å². The molecule has 1 aliphatic rings. The predicted molar refractivity (Wildman–Crippen MR) is 327 cm³/mol. The van der Waals surface area contributed by atoms with Gasteiger partial charge in [-0.1, -0.05) is 214 Å². The Balaban J connectivity index is 1.12. The molecule has 0 saturated heterocycles. The Morgan fingerprint density at radius 2 is 0.909 bits per heavy atom. The molecule has 0 atom stereocenters. The van der Waals surface area contributed by atoms with Crippen LogP contribution in [0.15, 0.2) is 194 Å². The summed E-state index contributed by atoms with van der Waals surface area (Å²) >= 11 is 0. The number of ether oxygens (including phenoxy) is 1. The number of nitrogens with zero attached hydrogens (tertiary/aromatic N) is 4. The molecule has 0 amide bonds. The smallest absolute Gasteiger partial charge is 0.137 e. The maximum absolute atomic E-state index is 7.22. The molecule has 3 heterocycles. The van der Waals surface area contributed by atoms with Crippen molar-refractivity contribution >= 4 is 33.2 Å². The average molecular weight is 1020 g/mol. The minimum Gasteiger partial charge on any atom is -0.457 e. The summed E-state index contributed by atoms with van der Waals surface area (Å²) in [5.41, 5.74) is 16.0. The van der Waals surface area contributed by atoms with Crippen molar-refractivity contribution in [3.8, 4) is 28.4 Å². The molecule has 0 aliphatic carbocycles. The van der Waals surface area contributed by atoms with Gasteiger partial charge in [0, 0.05) is 73.5 Å². The summed E-state index contributed by atoms with van der Waals surface area (Å²) in [7, 11) is 0. The molecule has 77 heavy (non-hydrogen) atoms. The highest BCUT2D eigenvalue weighted by Crippen LogP contribution is 2.50. The maximum atomic E-state index is 7.22. The van der Waals surface area contributed by atoms with Crippen LogP contribution < -0.4 is 14.5 Å². The van der Waals surface area contributed by atoms with Crippen LogP contribution in [0.3, 0.4) is 0 Å². The molecule has 0 fully saturated rings. The first kappa shape index (κ1) is 53.0. The zero-order chi connectivity index (χ0) is 55.0. The predicted octanol–water partition coefficient (Wildman–Crippen LogP) is 19.5. The van der Waals surface area contributed by atoms with Gasteiger partial charge in [-0.2, -0.15) is 0 Å². The van der Waals surface area contributed by atoms with E-state index in [1.54, 1.807) is 0 Å². The van der Waals surface area contributed by atoms with Crippen LogP contribution in [0, 0.1) is 10.8 Å². The lowest BCUT2D eigenvalue weighted by molar-refractivity contribution is 0.444. The van der Waals surface area contributed by atoms with Crippen molar-refractivity contribution in [3.05, 3.63) is 227 Å². The average Bonchev–Trinajstić information content (AvgIpc) is 4.21. The summed E-state index contributed by atoms with van der Waals surface area (Å²) < 4.78 is 9.55. The molecule has 7 aromatic carbocycles. The van der Waals surface area contributed by atoms with Gasteiger partial charge in [-0.15, -0.1) is 0 Å². The molecule has 0 radical (unpaired) electrons. The molecule has 5 nitrogen and oxygen atoms in total. The summed E-state index contributed by atoms with van der Waals surface area (Å²) in [5.74, 6) is 2.46. The van der Waals surface area contributed by atoms with E-state index in [-0.39, 0.29) is 32.5 Å². The summed E-state index contributed by atoms with van der Waals surface area (Å²) in [4.78, 5) is 10.2. The van der Waals surface area contributed by atoms with Crippen molar-refractivity contribution < 1.29 is 4.74 Å². The molecule has 10 rings (SSSR count). The molecule has 0 bridgehead atoms. The minimum absolute atomic E-state index is 0.0517. The molecule has 0 saturated carbocycles. The third-order valence-electron chi connectivity index (χ3n) is 16.1. The van der Waals surface area contributed by atoms with Crippen molar-refractivity contribution in [2.75, 3.05) is 16.5 Å². The molecular formula is C72H80N4O. The van der Waals surface area contributed by atoms with Crippen LogP contribution in [0.5, 0.6) is 11.5 Å². The summed E-state index contributed by atoms with van der Waals surface area (Å²) in [5, 5.41) is 2.34. The van der Waals surface area contributed by atoms with E-state index >= 15 is 0 Å². The largest absolute Gasteiger partial charge is 0.457 e. The van der Waals surface area contributed by atoms with E-state index < -0.39 is 0 Å². The fraction of sp³-hybridized carbons (Fsp3) is 0.319. The van der Waals surface area contributed by atoms with Crippen LogP contribution in [0.25, 0.3) is 38.8 Å². The van der Waals surface area contributed by atoms with Crippen molar-refractivity contribution in [1.82, 2.24) is 9.55 Å². The number of allylic oxidation sites excluding steroid dienone is 2. The second-order valence-corrected chi connectivity index (χ2v) is 26.8. The van der Waals surface area contributed by atoms with Crippen LogP contribution in [0.4, 0.5) is 11.4 Å². The Hall–Kier alpha value is -7.37. The Morgan fingerprint density at radius 3 is 1.48 bits per heavy atom. The standard InChI is InChI=1S/C72H80N4O/c1-67(2,3)52-36-37-73-64(44-52)76-62-35-32-53(71(13,14)50-28-22-18-23-29-50)43-61(62)60-34-33-58(46-63(60)76)77-59-42-54(68(4,5)6)40-57(45-59)75-47-74(65(69(7,8)9)66(75)70(10,11)12)56-39-49(48-26-20-17-21-27-48)38-55(41-56)72(15,16)51-30-24-19-25-31-51/h17-46H,47H2,1-16H3. The van der Waals surface area contributed by atoms with Crippen LogP contribution in [0.1, 0.15) is 144 Å². The number of pyridine rings is 1. The summed E-state index contributed by atoms with van der Waals surface area (Å²) in [6.45, 7) is 37.9. The fourth-order valence-corrected chi connectivity index (χ4v) is 11.5. The molecule has 394 valence electrons. The first-order valence-electron chi connectivity index (χ1n) is 27.7. The van der Waals surface area contributed by atoms with Gasteiger partial charge in [-0.3, -0.25) is 4.57 Å². The second-order valence-electron chi connectivity index (χ2n) is 26.8. The topological polar surface area (TPSA) is 33.5 Å². The first-order valence-corrected chi connectivity index (χ1v) is 27.7. The van der Waals surface area contributed by atoms with Gasteiger partial charge >= 0.3 is 0 Å². The zero-order valence-corrected chi connectivity index (χ0v) is 48.7. The lowest BCUT2D eigenvalue weighted by Crippen LogP contribution is -2.32. The monoisotopic (exact) mass is 1020 g/mol. The van der Waals surface area contributed by atoms with Crippen LogP contribution in [-0.2, 0) is 21.7 Å². The van der Waals surface area contributed by atoms with Gasteiger partial charge in [0.15, 0.2) is 0 Å². The molecule has 2 aromatic heterocycles. The Labute approximate surface area is 460 Å². The van der Waals surface area contributed by atoms with E-state index in [0.29, 0.717) is 6.67 Å². The lowest BCUT2D eigenvalue weighted by atomic mass is 9.77. The van der Waals surface area contributed by atoms with Gasteiger partial charge in [0.05, 0.1) is 17.7 Å². The van der Waals surface area contributed by atoms with E-state index in [4.69, 9.17) is 9.72 Å². The number of hydrogen-bond donors (Lipinski definition) is 0. The highest BCUT2D eigenvalue weighted by Gasteiger charge is 2.43. The lowest BCUT2D eigenvalue weighted by Gasteiger charge is -2.35. The van der Waals surface area contributed by atoms with E-state index in [0.717, 1.165) is 39.4 Å². The van der Waals surface area contributed by atoms with E-state index in [1.165, 1.54) is 67.0 Å². The van der Waals surface area contributed by atoms with Gasteiger partial charge < -0.3 is 14.5 Å². The number of anilines is 2. The maximum Gasteiger partial charge on any atom is 0.137 e. The zero-order valence-electron chi connectivity index (χ0n) is 48.7. The molecule has 0 N–H and O–H groups in total. The van der Waals surface area contributed by atoms with E-state index in [2.05, 4.69) is 301 Å². The highest BCUT2D eigenvalue weighted by molar-refractivity contribution is 6.10. The molecule has 1 aliphatic heterocycles. The number of fused-ring (bicyclic) bond motifs is 3. The van der Waals surface area contributed by atoms with Gasteiger partial charge in [0.1, 0.15) is 17.3 Å². The van der Waals surface area contributed by atoms with E-state index in [9.17, 15) is 0 Å². The quantitative estimate of drug-likeness (QED) is 0.137. The molecule has 9 aromatic rings. The Kier molecular flexibility index (Phi) is 13.3. The highest BCUT2D eigenvalue weighted by atomic mass is 16.5.